The largest absolute Gasteiger partial charge is 0.479 e. The van der Waals surface area contributed by atoms with E-state index in [0.717, 1.165) is 0 Å². The summed E-state index contributed by atoms with van der Waals surface area (Å²) in [6, 6.07) is 0. The average molecular weight is 289 g/mol. The minimum absolute atomic E-state index is 0.0714. The SMILES string of the molecule is CCCN(C(=O)OC(C)(C)C)C(CC)(COC)C(=O)O. The topological polar surface area (TPSA) is 76.1 Å². The van der Waals surface area contributed by atoms with E-state index in [1.54, 1.807) is 27.7 Å². The van der Waals surface area contributed by atoms with Crippen LogP contribution >= 0.6 is 0 Å². The van der Waals surface area contributed by atoms with E-state index in [-0.39, 0.29) is 13.0 Å². The van der Waals surface area contributed by atoms with Crippen LogP contribution in [0.1, 0.15) is 47.5 Å². The summed E-state index contributed by atoms with van der Waals surface area (Å²) in [4.78, 5) is 25.3. The summed E-state index contributed by atoms with van der Waals surface area (Å²) in [6.07, 6.45) is 0.258. The fourth-order valence-electron chi connectivity index (χ4n) is 1.96. The molecule has 0 aromatic rings. The number of hydrogen-bond donors (Lipinski definition) is 1. The van der Waals surface area contributed by atoms with Gasteiger partial charge in [-0.15, -0.1) is 0 Å². The van der Waals surface area contributed by atoms with Gasteiger partial charge in [0.05, 0.1) is 6.61 Å². The first-order chi connectivity index (χ1) is 9.14. The number of carbonyl (C=O) groups excluding carboxylic acids is 1. The standard InChI is InChI=1S/C14H27NO5/c1-7-9-15(12(18)20-13(3,4)5)14(8-2,10-19-6)11(16)17/h7-10H2,1-6H3,(H,16,17). The lowest BCUT2D eigenvalue weighted by molar-refractivity contribution is -0.155. The molecule has 0 heterocycles. The third kappa shape index (κ3) is 4.67. The number of amides is 1. The van der Waals surface area contributed by atoms with Gasteiger partial charge in [0.25, 0.3) is 0 Å². The van der Waals surface area contributed by atoms with Gasteiger partial charge in [0, 0.05) is 13.7 Å². The fraction of sp³-hybridized carbons (Fsp3) is 0.857. The molecule has 6 nitrogen and oxygen atoms in total. The molecule has 0 aliphatic carbocycles. The Labute approximate surface area is 121 Å². The lowest BCUT2D eigenvalue weighted by Crippen LogP contribution is -2.60. The van der Waals surface area contributed by atoms with E-state index in [1.165, 1.54) is 12.0 Å². The van der Waals surface area contributed by atoms with Gasteiger partial charge >= 0.3 is 12.1 Å². The van der Waals surface area contributed by atoms with Crippen molar-refractivity contribution in [2.24, 2.45) is 0 Å². The first kappa shape index (κ1) is 18.7. The molecule has 0 aliphatic heterocycles. The highest BCUT2D eigenvalue weighted by molar-refractivity contribution is 5.84. The number of carboxylic acid groups (broad SMARTS) is 1. The number of carboxylic acids is 1. The first-order valence-electron chi connectivity index (χ1n) is 6.87. The van der Waals surface area contributed by atoms with Crippen LogP contribution in [0.4, 0.5) is 4.79 Å². The molecule has 0 fully saturated rings. The van der Waals surface area contributed by atoms with Gasteiger partial charge in [-0.05, 0) is 33.6 Å². The van der Waals surface area contributed by atoms with E-state index in [1.807, 2.05) is 6.92 Å². The lowest BCUT2D eigenvalue weighted by atomic mass is 9.94. The average Bonchev–Trinajstić information content (AvgIpc) is 2.31. The van der Waals surface area contributed by atoms with Crippen LogP contribution in [0.15, 0.2) is 0 Å². The number of methoxy groups -OCH3 is 1. The van der Waals surface area contributed by atoms with Crippen LogP contribution in [0, 0.1) is 0 Å². The Hall–Kier alpha value is -1.30. The minimum Gasteiger partial charge on any atom is -0.479 e. The Morgan fingerprint density at radius 2 is 1.75 bits per heavy atom. The van der Waals surface area contributed by atoms with Crippen molar-refractivity contribution < 1.29 is 24.2 Å². The van der Waals surface area contributed by atoms with Gasteiger partial charge in [0.1, 0.15) is 5.60 Å². The molecule has 0 radical (unpaired) electrons. The van der Waals surface area contributed by atoms with Crippen molar-refractivity contribution in [3.63, 3.8) is 0 Å². The Morgan fingerprint density at radius 3 is 2.05 bits per heavy atom. The Bertz CT molecular complexity index is 337. The number of nitrogens with zero attached hydrogens (tertiary/aromatic N) is 1. The Balaban J connectivity index is 5.48. The molecule has 1 N–H and O–H groups in total. The smallest absolute Gasteiger partial charge is 0.411 e. The molecule has 0 spiro atoms. The molecule has 20 heavy (non-hydrogen) atoms. The number of carbonyl (C=O) groups is 2. The van der Waals surface area contributed by atoms with Gasteiger partial charge in [-0.1, -0.05) is 13.8 Å². The van der Waals surface area contributed by atoms with Crippen LogP contribution in [-0.4, -0.2) is 53.5 Å². The maximum absolute atomic E-state index is 12.3. The monoisotopic (exact) mass is 289 g/mol. The summed E-state index contributed by atoms with van der Waals surface area (Å²) in [5.41, 5.74) is -2.07. The van der Waals surface area contributed by atoms with Crippen molar-refractivity contribution in [1.29, 1.82) is 0 Å². The van der Waals surface area contributed by atoms with Crippen molar-refractivity contribution in [3.8, 4) is 0 Å². The number of rotatable bonds is 7. The third-order valence-corrected chi connectivity index (χ3v) is 2.94. The summed E-state index contributed by atoms with van der Waals surface area (Å²) in [5, 5.41) is 9.57. The molecule has 0 aliphatic rings. The van der Waals surface area contributed by atoms with Gasteiger partial charge in [-0.2, -0.15) is 0 Å². The van der Waals surface area contributed by atoms with Crippen molar-refractivity contribution in [2.75, 3.05) is 20.3 Å². The second-order valence-corrected chi connectivity index (χ2v) is 5.76. The van der Waals surface area contributed by atoms with Crippen molar-refractivity contribution in [3.05, 3.63) is 0 Å². The van der Waals surface area contributed by atoms with Crippen molar-refractivity contribution in [2.45, 2.75) is 58.6 Å². The van der Waals surface area contributed by atoms with Crippen molar-refractivity contribution >= 4 is 12.1 Å². The summed E-state index contributed by atoms with van der Waals surface area (Å²) in [6.45, 7) is 9.09. The second-order valence-electron chi connectivity index (χ2n) is 5.76. The molecule has 118 valence electrons. The van der Waals surface area contributed by atoms with E-state index in [4.69, 9.17) is 9.47 Å². The summed E-state index contributed by atoms with van der Waals surface area (Å²) in [5.74, 6) is -1.08. The van der Waals surface area contributed by atoms with Crippen LogP contribution in [0.3, 0.4) is 0 Å². The molecule has 0 bridgehead atoms. The second kappa shape index (κ2) is 7.47. The first-order valence-corrected chi connectivity index (χ1v) is 6.87. The highest BCUT2D eigenvalue weighted by atomic mass is 16.6. The van der Waals surface area contributed by atoms with Crippen LogP contribution < -0.4 is 0 Å². The minimum atomic E-state index is -1.40. The molecule has 1 unspecified atom stereocenters. The van der Waals surface area contributed by atoms with Gasteiger partial charge in [-0.25, -0.2) is 9.59 Å². The van der Waals surface area contributed by atoms with Gasteiger partial charge < -0.3 is 14.6 Å². The maximum Gasteiger partial charge on any atom is 0.411 e. The number of hydrogen-bond acceptors (Lipinski definition) is 4. The van der Waals surface area contributed by atoms with Gasteiger partial charge in [-0.3, -0.25) is 4.90 Å². The summed E-state index contributed by atoms with van der Waals surface area (Å²) in [7, 11) is 1.42. The zero-order valence-corrected chi connectivity index (χ0v) is 13.4. The van der Waals surface area contributed by atoms with Crippen LogP contribution in [0.2, 0.25) is 0 Å². The lowest BCUT2D eigenvalue weighted by Gasteiger charge is -2.40. The predicted octanol–water partition coefficient (Wildman–Crippen LogP) is 2.51. The highest BCUT2D eigenvalue weighted by Crippen LogP contribution is 2.24. The third-order valence-electron chi connectivity index (χ3n) is 2.94. The fourth-order valence-corrected chi connectivity index (χ4v) is 1.96. The van der Waals surface area contributed by atoms with E-state index in [2.05, 4.69) is 0 Å². The zero-order chi connectivity index (χ0) is 16.0. The van der Waals surface area contributed by atoms with Crippen LogP contribution in [-0.2, 0) is 14.3 Å². The Kier molecular flexibility index (Phi) is 6.99. The molecular weight excluding hydrogens is 262 g/mol. The number of ether oxygens (including phenoxy) is 2. The zero-order valence-electron chi connectivity index (χ0n) is 13.4. The highest BCUT2D eigenvalue weighted by Gasteiger charge is 2.46. The van der Waals surface area contributed by atoms with Crippen molar-refractivity contribution in [1.82, 2.24) is 4.90 Å². The van der Waals surface area contributed by atoms with Gasteiger partial charge in [0.2, 0.25) is 0 Å². The molecular formula is C14H27NO5. The molecule has 0 aromatic carbocycles. The predicted molar refractivity (Wildman–Crippen MR) is 75.8 cm³/mol. The van der Waals surface area contributed by atoms with E-state index >= 15 is 0 Å². The van der Waals surface area contributed by atoms with E-state index in [9.17, 15) is 14.7 Å². The maximum atomic E-state index is 12.3. The van der Waals surface area contributed by atoms with Crippen LogP contribution in [0.25, 0.3) is 0 Å². The van der Waals surface area contributed by atoms with Crippen LogP contribution in [0.5, 0.6) is 0 Å². The normalized spacial score (nSPS) is 14.5. The Morgan fingerprint density at radius 1 is 1.20 bits per heavy atom. The quantitative estimate of drug-likeness (QED) is 0.779. The van der Waals surface area contributed by atoms with E-state index < -0.39 is 23.2 Å². The summed E-state index contributed by atoms with van der Waals surface area (Å²) >= 11 is 0. The molecule has 0 rings (SSSR count). The summed E-state index contributed by atoms with van der Waals surface area (Å²) < 4.78 is 10.4. The van der Waals surface area contributed by atoms with E-state index in [0.29, 0.717) is 13.0 Å². The molecule has 0 aromatic heterocycles. The number of aliphatic carboxylic acids is 1. The molecule has 1 amide bonds. The molecule has 0 saturated heterocycles. The molecule has 0 saturated carbocycles. The van der Waals surface area contributed by atoms with Gasteiger partial charge in [0.15, 0.2) is 5.54 Å². The molecule has 1 atom stereocenters. The molecule has 6 heteroatoms.